The molecule has 1 N–H and O–H groups in total. The van der Waals surface area contributed by atoms with Gasteiger partial charge in [0.2, 0.25) is 0 Å². The molecule has 0 aromatic heterocycles. The highest BCUT2D eigenvalue weighted by molar-refractivity contribution is 7.93. The molecular weight excluding hydrogens is 158 g/mol. The molecule has 1 fully saturated rings. The van der Waals surface area contributed by atoms with Crippen LogP contribution in [0.25, 0.3) is 0 Å². The molecule has 66 valence electrons. The molecule has 0 aromatic carbocycles. The van der Waals surface area contributed by atoms with E-state index in [1.165, 1.54) is 12.8 Å². The van der Waals surface area contributed by atoms with Gasteiger partial charge in [0.05, 0.1) is 0 Å². The fourth-order valence-electron chi connectivity index (χ4n) is 1.74. The minimum atomic E-state index is -2.21. The molecule has 0 unspecified atom stereocenters. The van der Waals surface area contributed by atoms with Crippen molar-refractivity contribution >= 4 is 9.73 Å². The summed E-state index contributed by atoms with van der Waals surface area (Å²) >= 11 is 0. The monoisotopic (exact) mass is 175 g/mol. The van der Waals surface area contributed by atoms with E-state index in [4.69, 9.17) is 4.78 Å². The summed E-state index contributed by atoms with van der Waals surface area (Å²) in [6, 6.07) is 0. The van der Waals surface area contributed by atoms with Crippen LogP contribution < -0.4 is 0 Å². The van der Waals surface area contributed by atoms with E-state index in [-0.39, 0.29) is 5.25 Å². The maximum Gasteiger partial charge on any atom is 0.0470 e. The second kappa shape index (κ2) is 3.57. The topological polar surface area (TPSA) is 40.9 Å². The third kappa shape index (κ3) is 2.19. The van der Waals surface area contributed by atoms with Gasteiger partial charge in [-0.15, -0.1) is 0 Å². The Morgan fingerprint density at radius 3 is 2.45 bits per heavy atom. The molecule has 0 bridgehead atoms. The van der Waals surface area contributed by atoms with E-state index < -0.39 is 9.73 Å². The Labute approximate surface area is 69.4 Å². The van der Waals surface area contributed by atoms with Crippen molar-refractivity contribution in [3.05, 3.63) is 0 Å². The van der Waals surface area contributed by atoms with E-state index in [9.17, 15) is 4.21 Å². The molecule has 2 nitrogen and oxygen atoms in total. The molecule has 1 aliphatic carbocycles. The standard InChI is InChI=1S/C8H17NOS/c1-2-7-11(9,10)8-5-3-4-6-8/h8-9H,2-7H2,1H3/t11-/m0/s1. The third-order valence-corrected chi connectivity index (χ3v) is 4.91. The smallest absolute Gasteiger partial charge is 0.0470 e. The van der Waals surface area contributed by atoms with Crippen LogP contribution in [0.4, 0.5) is 0 Å². The van der Waals surface area contributed by atoms with Gasteiger partial charge in [-0.05, 0) is 19.3 Å². The number of hydrogen-bond donors (Lipinski definition) is 1. The molecule has 0 amide bonds. The number of hydrogen-bond acceptors (Lipinski definition) is 2. The molecule has 0 spiro atoms. The van der Waals surface area contributed by atoms with Crippen molar-refractivity contribution < 1.29 is 4.21 Å². The lowest BCUT2D eigenvalue weighted by atomic mass is 10.4. The van der Waals surface area contributed by atoms with Crippen molar-refractivity contribution in [2.75, 3.05) is 5.75 Å². The first-order valence-corrected chi connectivity index (χ1v) is 6.21. The fraction of sp³-hybridized carbons (Fsp3) is 1.00. The third-order valence-electron chi connectivity index (χ3n) is 2.35. The summed E-state index contributed by atoms with van der Waals surface area (Å²) in [6.07, 6.45) is 5.32. The lowest BCUT2D eigenvalue weighted by Gasteiger charge is -2.12. The summed E-state index contributed by atoms with van der Waals surface area (Å²) in [5.74, 6) is 0.609. The zero-order valence-corrected chi connectivity index (χ0v) is 7.95. The van der Waals surface area contributed by atoms with Crippen LogP contribution in [-0.4, -0.2) is 15.2 Å². The zero-order chi connectivity index (χ0) is 8.32. The predicted octanol–water partition coefficient (Wildman–Crippen LogP) is 2.39. The Morgan fingerprint density at radius 1 is 1.45 bits per heavy atom. The van der Waals surface area contributed by atoms with Crippen molar-refractivity contribution in [3.8, 4) is 0 Å². The van der Waals surface area contributed by atoms with Gasteiger partial charge >= 0.3 is 0 Å². The van der Waals surface area contributed by atoms with Gasteiger partial charge < -0.3 is 0 Å². The first kappa shape index (κ1) is 9.04. The summed E-state index contributed by atoms with van der Waals surface area (Å²) in [5.41, 5.74) is 0. The van der Waals surface area contributed by atoms with Crippen LogP contribution in [0, 0.1) is 4.78 Å². The van der Waals surface area contributed by atoms with Crippen LogP contribution in [0.1, 0.15) is 39.0 Å². The SMILES string of the molecule is CCC[S@](=N)(=O)C1CCCC1. The molecule has 0 heterocycles. The van der Waals surface area contributed by atoms with E-state index in [1.54, 1.807) is 0 Å². The Kier molecular flexibility index (Phi) is 2.93. The molecule has 0 saturated heterocycles. The van der Waals surface area contributed by atoms with Gasteiger partial charge in [0.25, 0.3) is 0 Å². The zero-order valence-electron chi connectivity index (χ0n) is 7.14. The van der Waals surface area contributed by atoms with Gasteiger partial charge in [-0.1, -0.05) is 19.8 Å². The fourth-order valence-corrected chi connectivity index (χ4v) is 3.77. The Bertz CT molecular complexity index is 202. The van der Waals surface area contributed by atoms with E-state index in [1.807, 2.05) is 6.92 Å². The lowest BCUT2D eigenvalue weighted by molar-refractivity contribution is 0.657. The minimum Gasteiger partial charge on any atom is -0.253 e. The molecule has 0 aromatic rings. The van der Waals surface area contributed by atoms with Crippen LogP contribution in [-0.2, 0) is 9.73 Å². The molecule has 1 aliphatic rings. The van der Waals surface area contributed by atoms with Crippen molar-refractivity contribution in [3.63, 3.8) is 0 Å². The average molecular weight is 175 g/mol. The summed E-state index contributed by atoms with van der Waals surface area (Å²) in [4.78, 5) is 0. The molecule has 0 aliphatic heterocycles. The Morgan fingerprint density at radius 2 is 2.00 bits per heavy atom. The maximum atomic E-state index is 11.7. The van der Waals surface area contributed by atoms with Gasteiger partial charge in [-0.25, -0.2) is 4.21 Å². The second-order valence-corrected chi connectivity index (χ2v) is 5.86. The van der Waals surface area contributed by atoms with Gasteiger partial charge in [0.15, 0.2) is 0 Å². The average Bonchev–Trinajstić information content (AvgIpc) is 2.37. The summed E-state index contributed by atoms with van der Waals surface area (Å²) in [7, 11) is -2.21. The Balaban J connectivity index is 2.56. The minimum absolute atomic E-state index is 0.224. The van der Waals surface area contributed by atoms with Gasteiger partial charge in [-0.3, -0.25) is 4.78 Å². The van der Waals surface area contributed by atoms with Crippen LogP contribution in [0.5, 0.6) is 0 Å². The van der Waals surface area contributed by atoms with Gasteiger partial charge in [-0.2, -0.15) is 0 Å². The van der Waals surface area contributed by atoms with E-state index in [0.717, 1.165) is 19.3 Å². The van der Waals surface area contributed by atoms with Crippen molar-refractivity contribution in [1.29, 1.82) is 4.78 Å². The van der Waals surface area contributed by atoms with E-state index in [2.05, 4.69) is 0 Å². The highest BCUT2D eigenvalue weighted by Gasteiger charge is 2.24. The molecular formula is C8H17NOS. The van der Waals surface area contributed by atoms with Crippen molar-refractivity contribution in [1.82, 2.24) is 0 Å². The first-order valence-electron chi connectivity index (χ1n) is 4.42. The second-order valence-electron chi connectivity index (χ2n) is 3.34. The normalized spacial score (nSPS) is 25.2. The lowest BCUT2D eigenvalue weighted by Crippen LogP contribution is -2.18. The van der Waals surface area contributed by atoms with E-state index >= 15 is 0 Å². The molecule has 1 saturated carbocycles. The summed E-state index contributed by atoms with van der Waals surface area (Å²) < 4.78 is 19.3. The highest BCUT2D eigenvalue weighted by atomic mass is 32.2. The Hall–Kier alpha value is -0.0500. The molecule has 1 rings (SSSR count). The van der Waals surface area contributed by atoms with Crippen molar-refractivity contribution in [2.45, 2.75) is 44.3 Å². The molecule has 11 heavy (non-hydrogen) atoms. The number of rotatable bonds is 3. The van der Waals surface area contributed by atoms with Crippen LogP contribution >= 0.6 is 0 Å². The molecule has 1 atom stereocenters. The van der Waals surface area contributed by atoms with Crippen LogP contribution in [0.3, 0.4) is 0 Å². The summed E-state index contributed by atoms with van der Waals surface area (Å²) in [5, 5.41) is 0.224. The predicted molar refractivity (Wildman–Crippen MR) is 48.3 cm³/mol. The van der Waals surface area contributed by atoms with Gasteiger partial charge in [0, 0.05) is 20.7 Å². The van der Waals surface area contributed by atoms with E-state index in [0.29, 0.717) is 5.75 Å². The van der Waals surface area contributed by atoms with Gasteiger partial charge in [0.1, 0.15) is 0 Å². The van der Waals surface area contributed by atoms with Crippen molar-refractivity contribution in [2.24, 2.45) is 0 Å². The first-order chi connectivity index (χ1) is 5.17. The largest absolute Gasteiger partial charge is 0.253 e. The summed E-state index contributed by atoms with van der Waals surface area (Å²) in [6.45, 7) is 2.00. The number of nitrogens with one attached hydrogen (secondary N) is 1. The highest BCUT2D eigenvalue weighted by Crippen LogP contribution is 2.25. The molecule has 3 heteroatoms. The molecule has 0 radical (unpaired) electrons. The maximum absolute atomic E-state index is 11.7. The van der Waals surface area contributed by atoms with Crippen LogP contribution in [0.2, 0.25) is 0 Å². The quantitative estimate of drug-likeness (QED) is 0.703. The van der Waals surface area contributed by atoms with Crippen LogP contribution in [0.15, 0.2) is 0 Å².